The highest BCUT2D eigenvalue weighted by molar-refractivity contribution is 5.42. The molecule has 0 bridgehead atoms. The van der Waals surface area contributed by atoms with Gasteiger partial charge in [0.15, 0.2) is 0 Å². The zero-order valence-electron chi connectivity index (χ0n) is 13.3. The fourth-order valence-electron chi connectivity index (χ4n) is 3.07. The van der Waals surface area contributed by atoms with Crippen molar-refractivity contribution in [1.82, 2.24) is 5.32 Å². The summed E-state index contributed by atoms with van der Waals surface area (Å²) in [6.45, 7) is 2.11. The molecule has 1 saturated carbocycles. The lowest BCUT2D eigenvalue weighted by atomic mass is 10.0. The summed E-state index contributed by atoms with van der Waals surface area (Å²) in [5, 5.41) is 13.8. The van der Waals surface area contributed by atoms with Gasteiger partial charge in [-0.3, -0.25) is 0 Å². The maximum absolute atomic E-state index is 10.3. The summed E-state index contributed by atoms with van der Waals surface area (Å²) < 4.78 is 10.8. The highest BCUT2D eigenvalue weighted by Gasteiger charge is 2.24. The van der Waals surface area contributed by atoms with Gasteiger partial charge in [0, 0.05) is 17.6 Å². The van der Waals surface area contributed by atoms with E-state index in [1.807, 2.05) is 18.2 Å². The number of aliphatic hydroxyl groups is 1. The van der Waals surface area contributed by atoms with Gasteiger partial charge in [-0.2, -0.15) is 0 Å². The Bertz CT molecular complexity index is 450. The van der Waals surface area contributed by atoms with Crippen molar-refractivity contribution in [2.24, 2.45) is 0 Å². The van der Waals surface area contributed by atoms with Crippen molar-refractivity contribution >= 4 is 0 Å². The van der Waals surface area contributed by atoms with Gasteiger partial charge in [0.1, 0.15) is 11.5 Å². The van der Waals surface area contributed by atoms with Crippen molar-refractivity contribution in [3.05, 3.63) is 23.8 Å². The van der Waals surface area contributed by atoms with Crippen LogP contribution in [0.1, 0.15) is 50.6 Å². The Balaban J connectivity index is 2.12. The minimum absolute atomic E-state index is 0.104. The van der Waals surface area contributed by atoms with Crippen LogP contribution in [0.2, 0.25) is 0 Å². The average molecular weight is 293 g/mol. The third-order valence-electron chi connectivity index (χ3n) is 4.35. The standard InChI is InChI=1S/C17H27NO3/c1-12(18-15-7-5-4-6-8-16(15)19)14-11-13(20-2)9-10-17(14)21-3/h9-12,15-16,18-19H,4-8H2,1-3H3. The van der Waals surface area contributed by atoms with Crippen molar-refractivity contribution in [3.8, 4) is 11.5 Å². The van der Waals surface area contributed by atoms with Crippen molar-refractivity contribution < 1.29 is 14.6 Å². The zero-order valence-corrected chi connectivity index (χ0v) is 13.3. The smallest absolute Gasteiger partial charge is 0.123 e. The first kappa shape index (κ1) is 16.1. The fourth-order valence-corrected chi connectivity index (χ4v) is 3.07. The van der Waals surface area contributed by atoms with Crippen LogP contribution in [0.5, 0.6) is 11.5 Å². The molecule has 0 aromatic heterocycles. The third kappa shape index (κ3) is 4.11. The largest absolute Gasteiger partial charge is 0.497 e. The summed E-state index contributed by atoms with van der Waals surface area (Å²) in [5.41, 5.74) is 1.06. The van der Waals surface area contributed by atoms with Crippen LogP contribution in [0.15, 0.2) is 18.2 Å². The quantitative estimate of drug-likeness (QED) is 0.819. The molecule has 0 saturated heterocycles. The maximum Gasteiger partial charge on any atom is 0.123 e. The lowest BCUT2D eigenvalue weighted by molar-refractivity contribution is 0.114. The molecule has 3 unspecified atom stereocenters. The van der Waals surface area contributed by atoms with E-state index in [2.05, 4.69) is 12.2 Å². The van der Waals surface area contributed by atoms with E-state index in [9.17, 15) is 5.11 Å². The Labute approximate surface area is 127 Å². The number of rotatable bonds is 5. The summed E-state index contributed by atoms with van der Waals surface area (Å²) in [4.78, 5) is 0. The molecule has 2 N–H and O–H groups in total. The van der Waals surface area contributed by atoms with E-state index in [1.54, 1.807) is 14.2 Å². The fraction of sp³-hybridized carbons (Fsp3) is 0.647. The molecule has 1 aliphatic rings. The summed E-state index contributed by atoms with van der Waals surface area (Å²) in [6.07, 6.45) is 5.17. The molecule has 4 heteroatoms. The van der Waals surface area contributed by atoms with Crippen LogP contribution in [0.3, 0.4) is 0 Å². The second-order valence-corrected chi connectivity index (χ2v) is 5.81. The Morgan fingerprint density at radius 3 is 2.62 bits per heavy atom. The lowest BCUT2D eigenvalue weighted by Gasteiger charge is -2.27. The first-order valence-corrected chi connectivity index (χ1v) is 7.81. The van der Waals surface area contributed by atoms with E-state index < -0.39 is 0 Å². The van der Waals surface area contributed by atoms with Crippen LogP contribution in [0, 0.1) is 0 Å². The summed E-state index contributed by atoms with van der Waals surface area (Å²) in [7, 11) is 3.34. The van der Waals surface area contributed by atoms with Crippen LogP contribution in [0.25, 0.3) is 0 Å². The normalized spacial score (nSPS) is 24.2. The molecule has 1 fully saturated rings. The van der Waals surface area contributed by atoms with Crippen LogP contribution in [0.4, 0.5) is 0 Å². The summed E-state index contributed by atoms with van der Waals surface area (Å²) in [5.74, 6) is 1.67. The van der Waals surface area contributed by atoms with Gasteiger partial charge in [0.2, 0.25) is 0 Å². The van der Waals surface area contributed by atoms with Crippen LogP contribution in [-0.4, -0.2) is 31.5 Å². The van der Waals surface area contributed by atoms with Gasteiger partial charge in [-0.1, -0.05) is 19.3 Å². The number of hydrogen-bond donors (Lipinski definition) is 2. The van der Waals surface area contributed by atoms with E-state index in [-0.39, 0.29) is 18.2 Å². The Kier molecular flexibility index (Phi) is 5.88. The molecule has 0 heterocycles. The third-order valence-corrected chi connectivity index (χ3v) is 4.35. The Hall–Kier alpha value is -1.26. The van der Waals surface area contributed by atoms with Crippen LogP contribution < -0.4 is 14.8 Å². The number of benzene rings is 1. The number of nitrogens with one attached hydrogen (secondary N) is 1. The van der Waals surface area contributed by atoms with E-state index in [4.69, 9.17) is 9.47 Å². The minimum atomic E-state index is -0.258. The highest BCUT2D eigenvalue weighted by Crippen LogP contribution is 2.30. The SMILES string of the molecule is COc1ccc(OC)c(C(C)NC2CCCCCC2O)c1. The molecule has 4 nitrogen and oxygen atoms in total. The Morgan fingerprint density at radius 2 is 1.90 bits per heavy atom. The second-order valence-electron chi connectivity index (χ2n) is 5.81. The predicted molar refractivity (Wildman–Crippen MR) is 84.0 cm³/mol. The van der Waals surface area contributed by atoms with Gasteiger partial charge < -0.3 is 19.9 Å². The molecule has 3 atom stereocenters. The van der Waals surface area contributed by atoms with Crippen molar-refractivity contribution in [3.63, 3.8) is 0 Å². The predicted octanol–water partition coefficient (Wildman–Crippen LogP) is 3.05. The van der Waals surface area contributed by atoms with Crippen molar-refractivity contribution in [1.29, 1.82) is 0 Å². The molecule has 0 amide bonds. The molecular formula is C17H27NO3. The average Bonchev–Trinajstić information content (AvgIpc) is 2.71. The number of aliphatic hydroxyl groups excluding tert-OH is 1. The molecule has 0 radical (unpaired) electrons. The van der Waals surface area contributed by atoms with Crippen molar-refractivity contribution in [2.45, 2.75) is 57.2 Å². The van der Waals surface area contributed by atoms with E-state index >= 15 is 0 Å². The maximum atomic E-state index is 10.3. The number of ether oxygens (including phenoxy) is 2. The van der Waals surface area contributed by atoms with Gasteiger partial charge >= 0.3 is 0 Å². The van der Waals surface area contributed by atoms with Gasteiger partial charge in [0.05, 0.1) is 20.3 Å². The number of hydrogen-bond acceptors (Lipinski definition) is 4. The summed E-state index contributed by atoms with van der Waals surface area (Å²) >= 11 is 0. The topological polar surface area (TPSA) is 50.7 Å². The molecule has 1 aromatic carbocycles. The molecule has 1 aromatic rings. The molecular weight excluding hydrogens is 266 g/mol. The van der Waals surface area contributed by atoms with Gasteiger partial charge in [-0.15, -0.1) is 0 Å². The summed E-state index contributed by atoms with van der Waals surface area (Å²) in [6, 6.07) is 6.08. The molecule has 21 heavy (non-hydrogen) atoms. The zero-order chi connectivity index (χ0) is 15.2. The van der Waals surface area contributed by atoms with E-state index in [1.165, 1.54) is 12.8 Å². The van der Waals surface area contributed by atoms with E-state index in [0.717, 1.165) is 36.3 Å². The lowest BCUT2D eigenvalue weighted by Crippen LogP contribution is -2.40. The first-order chi connectivity index (χ1) is 10.2. The molecule has 2 rings (SSSR count). The molecule has 1 aliphatic carbocycles. The molecule has 118 valence electrons. The van der Waals surface area contributed by atoms with Gasteiger partial charge in [0.25, 0.3) is 0 Å². The molecule has 0 spiro atoms. The van der Waals surface area contributed by atoms with Crippen LogP contribution >= 0.6 is 0 Å². The first-order valence-electron chi connectivity index (χ1n) is 7.81. The monoisotopic (exact) mass is 293 g/mol. The van der Waals surface area contributed by atoms with Crippen LogP contribution in [-0.2, 0) is 0 Å². The van der Waals surface area contributed by atoms with Gasteiger partial charge in [-0.25, -0.2) is 0 Å². The number of methoxy groups -OCH3 is 2. The molecule has 0 aliphatic heterocycles. The second kappa shape index (κ2) is 7.66. The van der Waals surface area contributed by atoms with E-state index in [0.29, 0.717) is 0 Å². The van der Waals surface area contributed by atoms with Crippen molar-refractivity contribution in [2.75, 3.05) is 14.2 Å². The Morgan fingerprint density at radius 1 is 1.14 bits per heavy atom. The van der Waals surface area contributed by atoms with Gasteiger partial charge in [-0.05, 0) is 38.0 Å². The minimum Gasteiger partial charge on any atom is -0.497 e. The highest BCUT2D eigenvalue weighted by atomic mass is 16.5.